The number of carboxylic acid groups (broad SMARTS) is 1. The first-order valence-corrected chi connectivity index (χ1v) is 8.89. The summed E-state index contributed by atoms with van der Waals surface area (Å²) in [5.41, 5.74) is 0.399. The number of aromatic nitrogens is 3. The summed E-state index contributed by atoms with van der Waals surface area (Å²) in [6.45, 7) is 6.35. The third-order valence-corrected chi connectivity index (χ3v) is 5.65. The molecule has 0 unspecified atom stereocenters. The smallest absolute Gasteiger partial charge is 0.480 e. The maximum atomic E-state index is 10.8. The molecule has 0 aromatic carbocycles. The van der Waals surface area contributed by atoms with E-state index in [2.05, 4.69) is 47.1 Å². The Kier molecular flexibility index (Phi) is 15.9. The summed E-state index contributed by atoms with van der Waals surface area (Å²) in [6, 6.07) is 0. The largest absolute Gasteiger partial charge is 1.00 e. The number of carbonyl (C=O) groups excluding carboxylic acids is 1. The van der Waals surface area contributed by atoms with E-state index >= 15 is 0 Å². The first kappa shape index (κ1) is 23.3. The molecule has 1 aromatic rings. The van der Waals surface area contributed by atoms with E-state index in [1.54, 1.807) is 0 Å². The Bertz CT molecular complexity index is 396. The fraction of sp³-hybridized carbons (Fsp3) is 0.667. The molecule has 0 aliphatic carbocycles. The molecular weight excluding hydrogens is 492 g/mol. The molecule has 10 heteroatoms. The number of amides is 1. The molecule has 0 aliphatic heterocycles. The summed E-state index contributed by atoms with van der Waals surface area (Å²) in [6.07, 6.45) is 5.96. The minimum Gasteiger partial charge on any atom is -0.480 e. The second kappa shape index (κ2) is 15.0. The number of hydrogen-bond acceptors (Lipinski definition) is 5. The summed E-state index contributed by atoms with van der Waals surface area (Å²) in [5.74, 6) is -1.14. The van der Waals surface area contributed by atoms with E-state index in [-0.39, 0.29) is 36.9 Å². The Labute approximate surface area is 147 Å². The molecule has 22 heavy (non-hydrogen) atoms. The van der Waals surface area contributed by atoms with E-state index in [0.717, 1.165) is 0 Å². The van der Waals surface area contributed by atoms with Crippen molar-refractivity contribution >= 4 is 20.0 Å². The van der Waals surface area contributed by atoms with E-state index < -0.39 is 18.6 Å². The number of carbonyl (C=O) groups is 2. The summed E-state index contributed by atoms with van der Waals surface area (Å²) < 4.78 is 4.58. The second-order valence-corrected chi connectivity index (χ2v) is 7.66. The standard InChI is InChI=1S/C6H7N4O4.C6H15P.Au/c11-5(12)2-7-6(13)14-3-4-1-8-10-9-4;1-4-7(5-2)6-3;/h2-3H2,(H,7,13)(H,11,12)(H,8,9,10);4-6H2,1-3H3;/q-1;;+1/p+1. The maximum Gasteiger partial charge on any atom is 1.00 e. The van der Waals surface area contributed by atoms with Crippen molar-refractivity contribution in [3.8, 4) is 0 Å². The Morgan fingerprint density at radius 1 is 1.32 bits per heavy atom. The topological polar surface area (TPSA) is 117 Å². The van der Waals surface area contributed by atoms with Gasteiger partial charge in [0, 0.05) is 0 Å². The molecule has 1 amide bonds. The van der Waals surface area contributed by atoms with Crippen LogP contribution in [0.1, 0.15) is 26.5 Å². The van der Waals surface area contributed by atoms with Crippen LogP contribution >= 0.6 is 7.92 Å². The minimum absolute atomic E-state index is 0. The molecule has 130 valence electrons. The van der Waals surface area contributed by atoms with Gasteiger partial charge in [-0.15, -0.1) is 5.21 Å². The zero-order valence-electron chi connectivity index (χ0n) is 12.9. The van der Waals surface area contributed by atoms with Gasteiger partial charge >= 0.3 is 34.4 Å². The van der Waals surface area contributed by atoms with Crippen LogP contribution in [0.15, 0.2) is 0 Å². The van der Waals surface area contributed by atoms with Crippen LogP contribution in [0.5, 0.6) is 0 Å². The van der Waals surface area contributed by atoms with Gasteiger partial charge in [-0.05, 0) is 28.7 Å². The molecule has 1 aromatic heterocycles. The van der Waals surface area contributed by atoms with Gasteiger partial charge in [0.25, 0.3) is 0 Å². The van der Waals surface area contributed by atoms with Crippen LogP contribution in [0.4, 0.5) is 4.79 Å². The van der Waals surface area contributed by atoms with Crippen LogP contribution in [-0.4, -0.2) is 57.6 Å². The normalized spacial score (nSPS) is 9.27. The Hall–Kier alpha value is -0.950. The number of nitrogens with one attached hydrogen (secondary N) is 2. The van der Waals surface area contributed by atoms with Crippen molar-refractivity contribution < 1.29 is 41.8 Å². The molecule has 0 aliphatic rings. The molecule has 1 heterocycles. The molecule has 0 atom stereocenters. The Morgan fingerprint density at radius 2 is 1.91 bits per heavy atom. The van der Waals surface area contributed by atoms with Crippen LogP contribution in [0.25, 0.3) is 0 Å². The molecule has 0 bridgehead atoms. The quantitative estimate of drug-likeness (QED) is 0.285. The van der Waals surface area contributed by atoms with Gasteiger partial charge in [0.1, 0.15) is 13.2 Å². The SMILES string of the molecule is CC[PH+](CC)CC.O=C(O)CNC(=O)OCc1[c-]nn[nH]1.[Au+]. The van der Waals surface area contributed by atoms with Crippen molar-refractivity contribution in [2.45, 2.75) is 27.4 Å². The molecule has 3 N–H and O–H groups in total. The molecule has 0 saturated carbocycles. The minimum atomic E-state index is -1.14. The number of alkyl carbamates (subject to hydrolysis) is 1. The van der Waals surface area contributed by atoms with Gasteiger partial charge in [0.15, 0.2) is 0 Å². The predicted octanol–water partition coefficient (Wildman–Crippen LogP) is 1.17. The molecule has 0 radical (unpaired) electrons. The van der Waals surface area contributed by atoms with Crippen LogP contribution in [0.2, 0.25) is 0 Å². The number of nitrogens with zero attached hydrogens (tertiary/aromatic N) is 2. The number of ether oxygens (including phenoxy) is 1. The average molecular weight is 515 g/mol. The first-order valence-electron chi connectivity index (χ1n) is 6.76. The van der Waals surface area contributed by atoms with Crippen LogP contribution in [0, 0.1) is 6.20 Å². The molecule has 8 nitrogen and oxygen atoms in total. The number of carboxylic acids is 1. The maximum absolute atomic E-state index is 10.8. The fourth-order valence-corrected chi connectivity index (χ4v) is 2.85. The van der Waals surface area contributed by atoms with Crippen LogP contribution < -0.4 is 5.32 Å². The monoisotopic (exact) mass is 515 g/mol. The third-order valence-electron chi connectivity index (χ3n) is 2.65. The number of rotatable bonds is 7. The van der Waals surface area contributed by atoms with E-state index in [4.69, 9.17) is 5.11 Å². The number of aliphatic carboxylic acids is 1. The van der Waals surface area contributed by atoms with Gasteiger partial charge in [-0.2, -0.15) is 0 Å². The summed E-state index contributed by atoms with van der Waals surface area (Å²) in [4.78, 5) is 20.8. The number of aromatic amines is 1. The van der Waals surface area contributed by atoms with E-state index in [1.165, 1.54) is 18.5 Å². The number of H-pyrrole nitrogens is 1. The molecule has 0 spiro atoms. The van der Waals surface area contributed by atoms with Crippen molar-refractivity contribution in [3.05, 3.63) is 11.9 Å². The summed E-state index contributed by atoms with van der Waals surface area (Å²) in [7, 11) is 0.137. The number of hydrogen-bond donors (Lipinski definition) is 3. The van der Waals surface area contributed by atoms with E-state index in [1.807, 2.05) is 5.32 Å². The molecule has 1 rings (SSSR count). The summed E-state index contributed by atoms with van der Waals surface area (Å²) in [5, 5.41) is 19.3. The zero-order valence-corrected chi connectivity index (χ0v) is 16.1. The average Bonchev–Trinajstić information content (AvgIpc) is 2.99. The van der Waals surface area contributed by atoms with Crippen LogP contribution in [-0.2, 0) is 38.5 Å². The van der Waals surface area contributed by atoms with Gasteiger partial charge in [-0.3, -0.25) is 9.89 Å². The predicted molar refractivity (Wildman–Crippen MR) is 81.0 cm³/mol. The van der Waals surface area contributed by atoms with Gasteiger partial charge < -0.3 is 26.5 Å². The Morgan fingerprint density at radius 3 is 2.27 bits per heavy atom. The first-order chi connectivity index (χ1) is 10.0. The van der Waals surface area contributed by atoms with Crippen molar-refractivity contribution in [2.75, 3.05) is 25.0 Å². The van der Waals surface area contributed by atoms with Gasteiger partial charge in [0.05, 0.1) is 18.5 Å². The van der Waals surface area contributed by atoms with Gasteiger partial charge in [-0.25, -0.2) is 4.79 Å². The Balaban J connectivity index is 0. The molecule has 0 fully saturated rings. The van der Waals surface area contributed by atoms with Crippen molar-refractivity contribution in [1.29, 1.82) is 0 Å². The van der Waals surface area contributed by atoms with E-state index in [9.17, 15) is 9.59 Å². The van der Waals surface area contributed by atoms with Crippen molar-refractivity contribution in [1.82, 2.24) is 20.7 Å². The van der Waals surface area contributed by atoms with Gasteiger partial charge in [-0.1, -0.05) is 5.69 Å². The summed E-state index contributed by atoms with van der Waals surface area (Å²) >= 11 is 0. The molecular formula is C12H23AuN4O4P+. The second-order valence-electron chi connectivity index (χ2n) is 4.04. The van der Waals surface area contributed by atoms with Gasteiger partial charge in [0.2, 0.25) is 0 Å². The zero-order chi connectivity index (χ0) is 16.1. The fourth-order valence-electron chi connectivity index (χ4n) is 1.35. The molecule has 0 saturated heterocycles. The van der Waals surface area contributed by atoms with E-state index in [0.29, 0.717) is 5.69 Å². The van der Waals surface area contributed by atoms with Crippen molar-refractivity contribution in [3.63, 3.8) is 0 Å². The van der Waals surface area contributed by atoms with Crippen LogP contribution in [0.3, 0.4) is 0 Å². The van der Waals surface area contributed by atoms with Crippen molar-refractivity contribution in [2.24, 2.45) is 0 Å². The third kappa shape index (κ3) is 12.8.